The van der Waals surface area contributed by atoms with Crippen molar-refractivity contribution in [2.24, 2.45) is 5.92 Å². The number of carbonyl (C=O) groups excluding carboxylic acids is 2. The second-order valence-electron chi connectivity index (χ2n) is 12.9. The van der Waals surface area contributed by atoms with Crippen LogP contribution < -0.4 is 5.32 Å². The monoisotopic (exact) mass is 541 g/mol. The van der Waals surface area contributed by atoms with E-state index in [1.807, 2.05) is 4.90 Å². The fourth-order valence-electron chi connectivity index (χ4n) is 7.87. The number of hydrogen-bond donors (Lipinski definition) is 2. The van der Waals surface area contributed by atoms with Gasteiger partial charge in [-0.3, -0.25) is 19.2 Å². The minimum absolute atomic E-state index is 0.0600. The maximum Gasteiger partial charge on any atom is 0.248 e. The predicted octanol–water partition coefficient (Wildman–Crippen LogP) is 4.41. The smallest absolute Gasteiger partial charge is 0.248 e. The molecule has 2 amide bonds. The summed E-state index contributed by atoms with van der Waals surface area (Å²) in [5.74, 6) is -0.0388. The summed E-state index contributed by atoms with van der Waals surface area (Å²) >= 11 is 0. The molecule has 3 heterocycles. The van der Waals surface area contributed by atoms with E-state index in [1.54, 1.807) is 0 Å². The second-order valence-corrected chi connectivity index (χ2v) is 12.9. The Balaban J connectivity index is 1.28. The molecule has 2 N–H and O–H groups in total. The first-order valence-electron chi connectivity index (χ1n) is 15.9. The average molecular weight is 542 g/mol. The second kappa shape index (κ2) is 12.3. The van der Waals surface area contributed by atoms with Crippen LogP contribution in [0.15, 0.2) is 0 Å². The molecule has 39 heavy (non-hydrogen) atoms. The summed E-state index contributed by atoms with van der Waals surface area (Å²) in [6.07, 6.45) is 13.9. The topological polar surface area (TPSA) is 90.7 Å². The van der Waals surface area contributed by atoms with Gasteiger partial charge in [0.15, 0.2) is 0 Å². The number of aliphatic hydroxyl groups excluding tert-OH is 1. The molecule has 2 saturated carbocycles. The lowest BCUT2D eigenvalue weighted by Crippen LogP contribution is -2.75. The summed E-state index contributed by atoms with van der Waals surface area (Å²) in [7, 11) is 0. The zero-order valence-corrected chi connectivity index (χ0v) is 24.6. The number of rotatable bonds is 8. The molecule has 0 radical (unpaired) electrons. The molecule has 2 aliphatic carbocycles. The van der Waals surface area contributed by atoms with Crippen molar-refractivity contribution in [3.63, 3.8) is 0 Å². The number of likely N-dealkylation sites (tertiary alicyclic amines) is 1. The summed E-state index contributed by atoms with van der Waals surface area (Å²) in [6, 6.07) is -0.283. The predicted molar refractivity (Wildman–Crippen MR) is 152 cm³/mol. The zero-order chi connectivity index (χ0) is 27.6. The molecule has 2 aliphatic heterocycles. The fraction of sp³-hybridized carbons (Fsp3) is 0.839. The van der Waals surface area contributed by atoms with Crippen LogP contribution in [0.25, 0.3) is 0 Å². The molecule has 1 spiro atoms. The molecule has 8 heteroatoms. The molecule has 0 aromatic carbocycles. The number of piperidine rings is 1. The standard InChI is InChI=1S/C31H51N5O3/c1-4-5-18-35-29(38)27(28(37)24-12-8-6-9-13-24)32-30(39)31(35)16-19-34(20-17-31)21-26-22(2)33-36(23(26)3)25-14-10-7-11-15-25/h24-25,27-28,37H,4-21H2,1-3H3,(H,32,39). The van der Waals surface area contributed by atoms with E-state index in [-0.39, 0.29) is 17.7 Å². The molecule has 2 saturated heterocycles. The van der Waals surface area contributed by atoms with Crippen molar-refractivity contribution in [3.05, 3.63) is 17.0 Å². The summed E-state index contributed by atoms with van der Waals surface area (Å²) in [4.78, 5) is 32.0. The number of hydrogen-bond acceptors (Lipinski definition) is 5. The Bertz CT molecular complexity index is 1000. The Morgan fingerprint density at radius 3 is 2.28 bits per heavy atom. The van der Waals surface area contributed by atoms with Crippen molar-refractivity contribution in [1.82, 2.24) is 24.9 Å². The summed E-state index contributed by atoms with van der Waals surface area (Å²) in [5.41, 5.74) is 2.92. The molecule has 8 nitrogen and oxygen atoms in total. The minimum atomic E-state index is -0.808. The van der Waals surface area contributed by atoms with Crippen molar-refractivity contribution in [1.29, 1.82) is 0 Å². The molecule has 0 bridgehead atoms. The summed E-state index contributed by atoms with van der Waals surface area (Å²) in [6.45, 7) is 9.43. The first-order chi connectivity index (χ1) is 18.9. The molecule has 218 valence electrons. The first-order valence-corrected chi connectivity index (χ1v) is 15.9. The first kappa shape index (κ1) is 28.6. The molecule has 2 unspecified atom stereocenters. The lowest BCUT2D eigenvalue weighted by molar-refractivity contribution is -0.166. The van der Waals surface area contributed by atoms with E-state index >= 15 is 0 Å². The van der Waals surface area contributed by atoms with Gasteiger partial charge in [-0.15, -0.1) is 0 Å². The SMILES string of the molecule is CCCCN1C(=O)C(C(O)C2CCCCC2)NC(=O)C12CCN(Cc1c(C)nn(C3CCCCC3)c1C)CC2. The van der Waals surface area contributed by atoms with Crippen molar-refractivity contribution in [2.75, 3.05) is 19.6 Å². The van der Waals surface area contributed by atoms with Gasteiger partial charge in [-0.1, -0.05) is 51.9 Å². The van der Waals surface area contributed by atoms with Gasteiger partial charge >= 0.3 is 0 Å². The van der Waals surface area contributed by atoms with Crippen LogP contribution in [-0.4, -0.2) is 73.8 Å². The van der Waals surface area contributed by atoms with E-state index in [0.29, 0.717) is 25.4 Å². The minimum Gasteiger partial charge on any atom is -0.390 e. The number of carbonyl (C=O) groups is 2. The van der Waals surface area contributed by atoms with Gasteiger partial charge in [0.05, 0.1) is 17.8 Å². The number of unbranched alkanes of at least 4 members (excludes halogenated alkanes) is 1. The molecular weight excluding hydrogens is 490 g/mol. The van der Waals surface area contributed by atoms with Gasteiger partial charge in [-0.25, -0.2) is 0 Å². The number of aromatic nitrogens is 2. The van der Waals surface area contributed by atoms with Gasteiger partial charge in [-0.2, -0.15) is 5.10 Å². The number of aryl methyl sites for hydroxylation is 1. The number of nitrogens with one attached hydrogen (secondary N) is 1. The van der Waals surface area contributed by atoms with Crippen molar-refractivity contribution >= 4 is 11.8 Å². The Morgan fingerprint density at radius 1 is 1.00 bits per heavy atom. The van der Waals surface area contributed by atoms with Crippen LogP contribution in [0, 0.1) is 19.8 Å². The van der Waals surface area contributed by atoms with Crippen molar-refractivity contribution < 1.29 is 14.7 Å². The number of nitrogens with zero attached hydrogens (tertiary/aromatic N) is 4. The molecule has 1 aromatic rings. The third-order valence-electron chi connectivity index (χ3n) is 10.4. The van der Waals surface area contributed by atoms with E-state index in [4.69, 9.17) is 5.10 Å². The largest absolute Gasteiger partial charge is 0.390 e. The Morgan fingerprint density at radius 2 is 1.64 bits per heavy atom. The van der Waals surface area contributed by atoms with Crippen LogP contribution in [-0.2, 0) is 16.1 Å². The van der Waals surface area contributed by atoms with Crippen LogP contribution in [0.5, 0.6) is 0 Å². The van der Waals surface area contributed by atoms with Gasteiger partial charge in [0.25, 0.3) is 0 Å². The van der Waals surface area contributed by atoms with Crippen LogP contribution in [0.1, 0.15) is 120 Å². The number of piperazine rings is 1. The normalized spacial score (nSPS) is 26.3. The lowest BCUT2D eigenvalue weighted by atomic mass is 9.78. The van der Waals surface area contributed by atoms with Gasteiger partial charge in [-0.05, 0) is 64.7 Å². The van der Waals surface area contributed by atoms with E-state index in [2.05, 4.69) is 35.7 Å². The van der Waals surface area contributed by atoms with E-state index in [0.717, 1.165) is 63.9 Å². The Labute approximate surface area is 234 Å². The highest BCUT2D eigenvalue weighted by molar-refractivity contribution is 6.00. The Kier molecular flexibility index (Phi) is 9.01. The van der Waals surface area contributed by atoms with Gasteiger partial charge in [0.2, 0.25) is 11.8 Å². The molecular formula is C31H51N5O3. The maximum atomic E-state index is 13.9. The summed E-state index contributed by atoms with van der Waals surface area (Å²) in [5, 5.41) is 19.2. The maximum absolute atomic E-state index is 13.9. The van der Waals surface area contributed by atoms with Crippen molar-refractivity contribution in [3.8, 4) is 0 Å². The van der Waals surface area contributed by atoms with Gasteiger partial charge in [0, 0.05) is 37.4 Å². The molecule has 5 rings (SSSR count). The van der Waals surface area contributed by atoms with Gasteiger partial charge in [0.1, 0.15) is 11.6 Å². The van der Waals surface area contributed by atoms with E-state index in [1.165, 1.54) is 49.8 Å². The summed E-state index contributed by atoms with van der Waals surface area (Å²) < 4.78 is 2.28. The third-order valence-corrected chi connectivity index (χ3v) is 10.4. The number of amides is 2. The fourth-order valence-corrected chi connectivity index (χ4v) is 7.87. The highest BCUT2D eigenvalue weighted by Crippen LogP contribution is 2.37. The molecule has 4 aliphatic rings. The van der Waals surface area contributed by atoms with E-state index in [9.17, 15) is 14.7 Å². The van der Waals surface area contributed by atoms with Crippen LogP contribution in [0.3, 0.4) is 0 Å². The van der Waals surface area contributed by atoms with Crippen molar-refractivity contribution in [2.45, 2.75) is 141 Å². The highest BCUT2D eigenvalue weighted by atomic mass is 16.3. The van der Waals surface area contributed by atoms with Gasteiger partial charge < -0.3 is 15.3 Å². The molecule has 4 fully saturated rings. The molecule has 1 aromatic heterocycles. The quantitative estimate of drug-likeness (QED) is 0.509. The highest BCUT2D eigenvalue weighted by Gasteiger charge is 2.55. The number of aliphatic hydroxyl groups is 1. The third kappa shape index (κ3) is 5.65. The Hall–Kier alpha value is -1.93. The zero-order valence-electron chi connectivity index (χ0n) is 24.6. The van der Waals surface area contributed by atoms with Crippen LogP contribution in [0.2, 0.25) is 0 Å². The molecule has 2 atom stereocenters. The lowest BCUT2D eigenvalue weighted by Gasteiger charge is -2.52. The van der Waals surface area contributed by atoms with E-state index < -0.39 is 17.7 Å². The van der Waals surface area contributed by atoms with Crippen LogP contribution >= 0.6 is 0 Å². The average Bonchev–Trinajstić information content (AvgIpc) is 3.25. The van der Waals surface area contributed by atoms with Crippen LogP contribution in [0.4, 0.5) is 0 Å².